The van der Waals surface area contributed by atoms with Crippen LogP contribution in [-0.4, -0.2) is 35.3 Å². The molecule has 1 aromatic carbocycles. The first-order valence-corrected chi connectivity index (χ1v) is 9.16. The number of benzene rings is 1. The van der Waals surface area contributed by atoms with Gasteiger partial charge in [0.1, 0.15) is 0 Å². The topological polar surface area (TPSA) is 53.5 Å². The van der Waals surface area contributed by atoms with Crippen molar-refractivity contribution < 1.29 is 22.8 Å². The largest absolute Gasteiger partial charge is 0.416 e. The number of carbonyl (C=O) groups is 2. The van der Waals surface area contributed by atoms with Gasteiger partial charge in [-0.15, -0.1) is 11.3 Å². The van der Waals surface area contributed by atoms with Crippen LogP contribution in [0.15, 0.2) is 29.6 Å². The third-order valence-electron chi connectivity index (χ3n) is 4.42. The maximum absolute atomic E-state index is 12.8. The summed E-state index contributed by atoms with van der Waals surface area (Å²) < 4.78 is 38.5. The van der Waals surface area contributed by atoms with E-state index in [4.69, 9.17) is 0 Å². The SMILES string of the molecule is Cc1csc(N(C)C(=O)C2CC(=O)N(Cc3cccc(C(F)(F)F)c3)C2)n1. The summed E-state index contributed by atoms with van der Waals surface area (Å²) in [6.45, 7) is 2.06. The van der Waals surface area contributed by atoms with E-state index in [2.05, 4.69) is 4.98 Å². The molecule has 0 N–H and O–H groups in total. The highest BCUT2D eigenvalue weighted by Crippen LogP contribution is 2.31. The number of likely N-dealkylation sites (tertiary alicyclic amines) is 1. The van der Waals surface area contributed by atoms with Gasteiger partial charge in [0.2, 0.25) is 11.8 Å². The first-order chi connectivity index (χ1) is 12.6. The van der Waals surface area contributed by atoms with Gasteiger partial charge in [-0.25, -0.2) is 4.98 Å². The van der Waals surface area contributed by atoms with Crippen LogP contribution < -0.4 is 4.90 Å². The van der Waals surface area contributed by atoms with E-state index in [1.165, 1.54) is 27.2 Å². The summed E-state index contributed by atoms with van der Waals surface area (Å²) in [5, 5.41) is 2.39. The number of anilines is 1. The van der Waals surface area contributed by atoms with Gasteiger partial charge in [0.05, 0.1) is 17.2 Å². The highest BCUT2D eigenvalue weighted by molar-refractivity contribution is 7.14. The van der Waals surface area contributed by atoms with Gasteiger partial charge < -0.3 is 4.90 Å². The fourth-order valence-electron chi connectivity index (χ4n) is 3.02. The minimum atomic E-state index is -4.43. The Balaban J connectivity index is 1.68. The van der Waals surface area contributed by atoms with Crippen LogP contribution in [0.2, 0.25) is 0 Å². The average molecular weight is 397 g/mol. The zero-order valence-electron chi connectivity index (χ0n) is 14.8. The fourth-order valence-corrected chi connectivity index (χ4v) is 3.79. The van der Waals surface area contributed by atoms with Crippen molar-refractivity contribution in [3.8, 4) is 0 Å². The van der Waals surface area contributed by atoms with Crippen molar-refractivity contribution in [1.29, 1.82) is 0 Å². The van der Waals surface area contributed by atoms with Gasteiger partial charge in [-0.2, -0.15) is 13.2 Å². The van der Waals surface area contributed by atoms with Crippen LogP contribution in [0.4, 0.5) is 18.3 Å². The van der Waals surface area contributed by atoms with Crippen LogP contribution >= 0.6 is 11.3 Å². The smallest absolute Gasteiger partial charge is 0.338 e. The second kappa shape index (κ2) is 7.30. The molecule has 144 valence electrons. The molecule has 2 aromatic rings. The van der Waals surface area contributed by atoms with Crippen LogP contribution in [0.3, 0.4) is 0 Å². The van der Waals surface area contributed by atoms with Crippen molar-refractivity contribution >= 4 is 28.3 Å². The van der Waals surface area contributed by atoms with E-state index in [1.807, 2.05) is 12.3 Å². The van der Waals surface area contributed by atoms with Crippen molar-refractivity contribution in [1.82, 2.24) is 9.88 Å². The van der Waals surface area contributed by atoms with Crippen molar-refractivity contribution in [2.24, 2.45) is 5.92 Å². The lowest BCUT2D eigenvalue weighted by Gasteiger charge is -2.20. The second-order valence-corrected chi connectivity index (χ2v) is 7.38. The van der Waals surface area contributed by atoms with Crippen LogP contribution in [-0.2, 0) is 22.3 Å². The van der Waals surface area contributed by atoms with Crippen LogP contribution in [0.25, 0.3) is 0 Å². The number of amides is 2. The summed E-state index contributed by atoms with van der Waals surface area (Å²) in [5.41, 5.74) is 0.441. The predicted octanol–water partition coefficient (Wildman–Crippen LogP) is 3.48. The summed E-state index contributed by atoms with van der Waals surface area (Å²) in [4.78, 5) is 32.0. The molecule has 1 atom stereocenters. The number of aromatic nitrogens is 1. The summed E-state index contributed by atoms with van der Waals surface area (Å²) in [5.74, 6) is -0.990. The lowest BCUT2D eigenvalue weighted by molar-refractivity contribution is -0.137. The highest BCUT2D eigenvalue weighted by atomic mass is 32.1. The maximum atomic E-state index is 12.8. The van der Waals surface area contributed by atoms with Crippen LogP contribution in [0.5, 0.6) is 0 Å². The van der Waals surface area contributed by atoms with Gasteiger partial charge in [-0.1, -0.05) is 12.1 Å². The summed E-state index contributed by atoms with van der Waals surface area (Å²) in [6.07, 6.45) is -4.38. The van der Waals surface area contributed by atoms with Gasteiger partial charge in [0, 0.05) is 31.9 Å². The lowest BCUT2D eigenvalue weighted by atomic mass is 10.1. The van der Waals surface area contributed by atoms with Gasteiger partial charge >= 0.3 is 6.18 Å². The molecule has 2 heterocycles. The molecule has 0 radical (unpaired) electrons. The van der Waals surface area contributed by atoms with E-state index < -0.39 is 17.7 Å². The molecular formula is C18H18F3N3O2S. The van der Waals surface area contributed by atoms with E-state index in [9.17, 15) is 22.8 Å². The Kier molecular flexibility index (Phi) is 5.23. The third-order valence-corrected chi connectivity index (χ3v) is 5.45. The standard InChI is InChI=1S/C18H18F3N3O2S/c1-11-10-27-17(22-11)23(2)16(26)13-7-15(25)24(9-13)8-12-4-3-5-14(6-12)18(19,20)21/h3-6,10,13H,7-9H2,1-2H3. The number of carbonyl (C=O) groups excluding carboxylic acids is 2. The minimum Gasteiger partial charge on any atom is -0.338 e. The Morgan fingerprint density at radius 2 is 2.15 bits per heavy atom. The second-order valence-electron chi connectivity index (χ2n) is 6.54. The number of hydrogen-bond acceptors (Lipinski definition) is 4. The maximum Gasteiger partial charge on any atom is 0.416 e. The zero-order chi connectivity index (χ0) is 19.8. The number of hydrogen-bond donors (Lipinski definition) is 0. The highest BCUT2D eigenvalue weighted by Gasteiger charge is 2.37. The number of alkyl halides is 3. The van der Waals surface area contributed by atoms with Gasteiger partial charge in [0.15, 0.2) is 5.13 Å². The number of halogens is 3. The van der Waals surface area contributed by atoms with Crippen molar-refractivity contribution in [3.05, 3.63) is 46.5 Å². The van der Waals surface area contributed by atoms with E-state index in [0.717, 1.165) is 17.8 Å². The Labute approximate surface area is 158 Å². The van der Waals surface area contributed by atoms with Crippen LogP contribution in [0, 0.1) is 12.8 Å². The van der Waals surface area contributed by atoms with Crippen molar-refractivity contribution in [2.45, 2.75) is 26.1 Å². The van der Waals surface area contributed by atoms with Crippen molar-refractivity contribution in [3.63, 3.8) is 0 Å². The summed E-state index contributed by atoms with van der Waals surface area (Å²) in [6, 6.07) is 4.89. The molecule has 1 aliphatic rings. The molecule has 0 saturated carbocycles. The molecule has 0 bridgehead atoms. The summed E-state index contributed by atoms with van der Waals surface area (Å²) >= 11 is 1.34. The first kappa shape index (κ1) is 19.3. The molecule has 2 amide bonds. The molecule has 9 heteroatoms. The molecule has 3 rings (SSSR count). The van der Waals surface area contributed by atoms with E-state index in [1.54, 1.807) is 13.1 Å². The van der Waals surface area contributed by atoms with E-state index >= 15 is 0 Å². The average Bonchev–Trinajstić information content (AvgIpc) is 3.19. The molecular weight excluding hydrogens is 379 g/mol. The number of rotatable bonds is 4. The molecule has 1 saturated heterocycles. The molecule has 0 spiro atoms. The lowest BCUT2D eigenvalue weighted by Crippen LogP contribution is -2.34. The van der Waals surface area contributed by atoms with Gasteiger partial charge in [-0.3, -0.25) is 14.5 Å². The molecule has 1 aromatic heterocycles. The Morgan fingerprint density at radius 3 is 2.78 bits per heavy atom. The first-order valence-electron chi connectivity index (χ1n) is 8.29. The minimum absolute atomic E-state index is 0.0481. The predicted molar refractivity (Wildman–Crippen MR) is 95.2 cm³/mol. The number of aryl methyl sites for hydroxylation is 1. The monoisotopic (exact) mass is 397 g/mol. The quantitative estimate of drug-likeness (QED) is 0.794. The van der Waals surface area contributed by atoms with Gasteiger partial charge in [-0.05, 0) is 24.6 Å². The number of nitrogens with zero attached hydrogens (tertiary/aromatic N) is 3. The summed E-state index contributed by atoms with van der Waals surface area (Å²) in [7, 11) is 1.61. The van der Waals surface area contributed by atoms with E-state index in [-0.39, 0.29) is 31.3 Å². The Morgan fingerprint density at radius 1 is 1.41 bits per heavy atom. The molecule has 0 aliphatic carbocycles. The van der Waals surface area contributed by atoms with Gasteiger partial charge in [0.25, 0.3) is 0 Å². The fraction of sp³-hybridized carbons (Fsp3) is 0.389. The number of thiazole rings is 1. The molecule has 1 unspecified atom stereocenters. The zero-order valence-corrected chi connectivity index (χ0v) is 15.6. The van der Waals surface area contributed by atoms with Crippen molar-refractivity contribution in [2.75, 3.05) is 18.5 Å². The Bertz CT molecular complexity index is 866. The third kappa shape index (κ3) is 4.29. The normalized spacial score (nSPS) is 17.4. The molecule has 1 aliphatic heterocycles. The Hall–Kier alpha value is -2.42. The van der Waals surface area contributed by atoms with E-state index in [0.29, 0.717) is 10.7 Å². The molecule has 1 fully saturated rings. The molecule has 27 heavy (non-hydrogen) atoms. The van der Waals surface area contributed by atoms with Crippen LogP contribution in [0.1, 0.15) is 23.2 Å². The molecule has 5 nitrogen and oxygen atoms in total.